The van der Waals surface area contributed by atoms with Crippen molar-refractivity contribution in [3.05, 3.63) is 0 Å². The number of carbonyl (C=O) groups excluding carboxylic acids is 2. The first kappa shape index (κ1) is 13.1. The molecule has 3 aliphatic rings. The van der Waals surface area contributed by atoms with Gasteiger partial charge in [-0.25, -0.2) is 0 Å². The van der Waals surface area contributed by atoms with Gasteiger partial charge in [0.2, 0.25) is 0 Å². The molecule has 106 valence electrons. The van der Waals surface area contributed by atoms with E-state index in [-0.39, 0.29) is 35.6 Å². The lowest BCUT2D eigenvalue weighted by Gasteiger charge is -2.37. The Kier molecular flexibility index (Phi) is 2.79. The van der Waals surface area contributed by atoms with Crippen LogP contribution in [0.25, 0.3) is 0 Å². The van der Waals surface area contributed by atoms with Gasteiger partial charge < -0.3 is 9.84 Å². The van der Waals surface area contributed by atoms with Gasteiger partial charge >= 0.3 is 5.97 Å². The molecule has 0 aromatic carbocycles. The number of rotatable bonds is 0. The molecule has 1 unspecified atom stereocenters. The van der Waals surface area contributed by atoms with Gasteiger partial charge in [-0.1, -0.05) is 13.8 Å². The quantitative estimate of drug-likeness (QED) is 0.676. The molecule has 0 aromatic rings. The van der Waals surface area contributed by atoms with Crippen LogP contribution in [-0.2, 0) is 14.3 Å². The van der Waals surface area contributed by atoms with Crippen LogP contribution < -0.4 is 0 Å². The summed E-state index contributed by atoms with van der Waals surface area (Å²) in [6, 6.07) is 0. The lowest BCUT2D eigenvalue weighted by molar-refractivity contribution is -0.145. The number of ketones is 1. The fraction of sp³-hybridized carbons (Fsp3) is 0.867. The minimum Gasteiger partial charge on any atom is -0.462 e. The summed E-state index contributed by atoms with van der Waals surface area (Å²) in [4.78, 5) is 24.1. The van der Waals surface area contributed by atoms with Crippen LogP contribution >= 0.6 is 0 Å². The summed E-state index contributed by atoms with van der Waals surface area (Å²) in [7, 11) is 0. The highest BCUT2D eigenvalue weighted by atomic mass is 16.6. The van der Waals surface area contributed by atoms with E-state index in [1.807, 2.05) is 13.8 Å². The van der Waals surface area contributed by atoms with Crippen LogP contribution in [0.4, 0.5) is 0 Å². The van der Waals surface area contributed by atoms with Crippen LogP contribution in [0.2, 0.25) is 0 Å². The Morgan fingerprint density at radius 1 is 1.32 bits per heavy atom. The Morgan fingerprint density at radius 3 is 2.68 bits per heavy atom. The molecule has 4 heteroatoms. The van der Waals surface area contributed by atoms with Crippen molar-refractivity contribution in [2.45, 2.75) is 52.2 Å². The van der Waals surface area contributed by atoms with Crippen molar-refractivity contribution in [3.8, 4) is 0 Å². The Labute approximate surface area is 113 Å². The molecule has 0 radical (unpaired) electrons. The van der Waals surface area contributed by atoms with E-state index in [1.54, 1.807) is 0 Å². The minimum atomic E-state index is -0.760. The number of ether oxygens (including phenoxy) is 1. The van der Waals surface area contributed by atoms with Crippen molar-refractivity contribution in [2.75, 3.05) is 0 Å². The molecule has 4 nitrogen and oxygen atoms in total. The predicted octanol–water partition coefficient (Wildman–Crippen LogP) is 1.55. The largest absolute Gasteiger partial charge is 0.462 e. The number of Topliss-reactive ketones (excluding diaryl/α,β-unsaturated/α-hetero) is 1. The summed E-state index contributed by atoms with van der Waals surface area (Å²) >= 11 is 0. The van der Waals surface area contributed by atoms with E-state index < -0.39 is 11.5 Å². The molecule has 0 aromatic heterocycles. The summed E-state index contributed by atoms with van der Waals surface area (Å²) in [5.74, 6) is -0.0910. The topological polar surface area (TPSA) is 63.6 Å². The van der Waals surface area contributed by atoms with Gasteiger partial charge in [0.1, 0.15) is 11.9 Å². The van der Waals surface area contributed by atoms with E-state index in [4.69, 9.17) is 4.74 Å². The number of hydrogen-bond donors (Lipinski definition) is 1. The van der Waals surface area contributed by atoms with Gasteiger partial charge in [0.15, 0.2) is 0 Å². The first-order valence-corrected chi connectivity index (χ1v) is 7.29. The van der Waals surface area contributed by atoms with Crippen molar-refractivity contribution >= 4 is 11.8 Å². The molecule has 0 bridgehead atoms. The van der Waals surface area contributed by atoms with Crippen molar-refractivity contribution in [2.24, 2.45) is 29.1 Å². The summed E-state index contributed by atoms with van der Waals surface area (Å²) in [5, 5.41) is 10.8. The van der Waals surface area contributed by atoms with E-state index in [1.165, 1.54) is 0 Å². The first-order chi connectivity index (χ1) is 8.87. The van der Waals surface area contributed by atoms with Gasteiger partial charge in [-0.05, 0) is 31.6 Å². The molecule has 7 atom stereocenters. The monoisotopic (exact) mass is 266 g/mol. The number of aliphatic hydroxyl groups excluding tert-OH is 1. The maximum absolute atomic E-state index is 12.3. The van der Waals surface area contributed by atoms with Gasteiger partial charge in [0, 0.05) is 12.3 Å². The molecular formula is C15H22O4. The highest BCUT2D eigenvalue weighted by Crippen LogP contribution is 2.55. The Hall–Kier alpha value is -0.900. The molecule has 1 heterocycles. The second kappa shape index (κ2) is 4.05. The van der Waals surface area contributed by atoms with E-state index in [0.29, 0.717) is 12.3 Å². The maximum atomic E-state index is 12.3. The summed E-state index contributed by atoms with van der Waals surface area (Å²) < 4.78 is 5.43. The van der Waals surface area contributed by atoms with Crippen molar-refractivity contribution in [3.63, 3.8) is 0 Å². The molecule has 19 heavy (non-hydrogen) atoms. The third-order valence-corrected chi connectivity index (χ3v) is 5.97. The van der Waals surface area contributed by atoms with Gasteiger partial charge in [-0.15, -0.1) is 0 Å². The van der Waals surface area contributed by atoms with E-state index in [2.05, 4.69) is 6.92 Å². The standard InChI is InChI=1S/C15H22O4/c1-7-6-10-12(8(2)14(18)19-10)13(17)15(3)9(7)4-5-11(15)16/h7-10,12-13,17H,4-6H2,1-3H3/t7-,8-,9?,10-,12-,13+,15+/m1/s1. The van der Waals surface area contributed by atoms with Crippen LogP contribution in [-0.4, -0.2) is 29.1 Å². The number of aliphatic hydroxyl groups is 1. The molecule has 3 fully saturated rings. The number of fused-ring (bicyclic) bond motifs is 2. The lowest BCUT2D eigenvalue weighted by Crippen LogP contribution is -2.47. The smallest absolute Gasteiger partial charge is 0.309 e. The normalized spacial score (nSPS) is 53.5. The van der Waals surface area contributed by atoms with Gasteiger partial charge in [-0.3, -0.25) is 9.59 Å². The Bertz CT molecular complexity index is 432. The minimum absolute atomic E-state index is 0.157. The molecule has 2 saturated carbocycles. The second-order valence-corrected chi connectivity index (χ2v) is 6.85. The molecule has 2 aliphatic carbocycles. The highest BCUT2D eigenvalue weighted by Gasteiger charge is 2.61. The third-order valence-electron chi connectivity index (χ3n) is 5.97. The fourth-order valence-electron chi connectivity index (χ4n) is 4.75. The van der Waals surface area contributed by atoms with Crippen LogP contribution in [0.1, 0.15) is 40.0 Å². The van der Waals surface area contributed by atoms with Gasteiger partial charge in [0.25, 0.3) is 0 Å². The van der Waals surface area contributed by atoms with E-state index in [9.17, 15) is 14.7 Å². The average molecular weight is 266 g/mol. The van der Waals surface area contributed by atoms with Gasteiger partial charge in [-0.2, -0.15) is 0 Å². The zero-order chi connectivity index (χ0) is 13.9. The molecular weight excluding hydrogens is 244 g/mol. The number of carbonyl (C=O) groups is 2. The zero-order valence-electron chi connectivity index (χ0n) is 11.8. The number of esters is 1. The lowest BCUT2D eigenvalue weighted by atomic mass is 9.67. The second-order valence-electron chi connectivity index (χ2n) is 6.85. The molecule has 0 amide bonds. The third kappa shape index (κ3) is 1.55. The maximum Gasteiger partial charge on any atom is 0.309 e. The molecule has 1 aliphatic heterocycles. The Balaban J connectivity index is 2.04. The van der Waals surface area contributed by atoms with Crippen molar-refractivity contribution in [1.29, 1.82) is 0 Å². The van der Waals surface area contributed by atoms with E-state index in [0.717, 1.165) is 12.8 Å². The van der Waals surface area contributed by atoms with Crippen LogP contribution in [0, 0.1) is 29.1 Å². The molecule has 3 rings (SSSR count). The highest BCUT2D eigenvalue weighted by molar-refractivity contribution is 5.88. The SMILES string of the molecule is C[C@@H]1C[C@H]2OC(=O)[C@H](C)[C@H]2[C@H](O)[C@]2(C)C(=O)CCC12. The average Bonchev–Trinajstić information content (AvgIpc) is 2.77. The molecule has 1 N–H and O–H groups in total. The van der Waals surface area contributed by atoms with Crippen molar-refractivity contribution in [1.82, 2.24) is 0 Å². The van der Waals surface area contributed by atoms with Crippen molar-refractivity contribution < 1.29 is 19.4 Å². The zero-order valence-corrected chi connectivity index (χ0v) is 11.8. The Morgan fingerprint density at radius 2 is 2.00 bits per heavy atom. The summed E-state index contributed by atoms with van der Waals surface area (Å²) in [5.41, 5.74) is -0.693. The summed E-state index contributed by atoms with van der Waals surface area (Å²) in [6.07, 6.45) is 1.20. The molecule has 1 saturated heterocycles. The van der Waals surface area contributed by atoms with Crippen LogP contribution in [0.3, 0.4) is 0 Å². The van der Waals surface area contributed by atoms with Crippen LogP contribution in [0.5, 0.6) is 0 Å². The van der Waals surface area contributed by atoms with E-state index >= 15 is 0 Å². The molecule has 0 spiro atoms. The fourth-order valence-corrected chi connectivity index (χ4v) is 4.75. The predicted molar refractivity (Wildman–Crippen MR) is 68.2 cm³/mol. The van der Waals surface area contributed by atoms with Gasteiger partial charge in [0.05, 0.1) is 17.4 Å². The van der Waals surface area contributed by atoms with Crippen LogP contribution in [0.15, 0.2) is 0 Å². The first-order valence-electron chi connectivity index (χ1n) is 7.29. The summed E-state index contributed by atoms with van der Waals surface area (Å²) in [6.45, 7) is 5.82. The number of hydrogen-bond acceptors (Lipinski definition) is 4.